The van der Waals surface area contributed by atoms with Gasteiger partial charge in [0.15, 0.2) is 6.29 Å². The van der Waals surface area contributed by atoms with Crippen LogP contribution in [0.2, 0.25) is 0 Å². The molecule has 278 valence electrons. The van der Waals surface area contributed by atoms with E-state index in [9.17, 15) is 9.90 Å². The van der Waals surface area contributed by atoms with E-state index in [2.05, 4.69) is 53.2 Å². The van der Waals surface area contributed by atoms with E-state index in [0.29, 0.717) is 31.1 Å². The molecule has 9 nitrogen and oxygen atoms in total. The zero-order valence-corrected chi connectivity index (χ0v) is 32.6. The van der Waals surface area contributed by atoms with Gasteiger partial charge in [-0.05, 0) is 86.6 Å². The highest BCUT2D eigenvalue weighted by atomic mass is 79.9. The number of esters is 1. The van der Waals surface area contributed by atoms with Crippen molar-refractivity contribution < 1.29 is 28.9 Å². The lowest BCUT2D eigenvalue weighted by Crippen LogP contribution is -2.64. The number of oxime groups is 1. The molecule has 0 aromatic heterocycles. The maximum absolute atomic E-state index is 12.7. The first-order chi connectivity index (χ1) is 24.5. The Hall–Kier alpha value is -2.53. The third-order valence-corrected chi connectivity index (χ3v) is 13.7. The Morgan fingerprint density at radius 2 is 1.88 bits per heavy atom. The largest absolute Gasteiger partial charge is 0.459 e. The smallest absolute Gasteiger partial charge is 0.306 e. The fourth-order valence-corrected chi connectivity index (χ4v) is 11.2. The van der Waals surface area contributed by atoms with Crippen LogP contribution in [0, 0.1) is 34.5 Å². The van der Waals surface area contributed by atoms with Gasteiger partial charge in [0.2, 0.25) is 0 Å². The third-order valence-electron chi connectivity index (χ3n) is 13.2. The van der Waals surface area contributed by atoms with Crippen LogP contribution in [0.4, 0.5) is 0 Å². The summed E-state index contributed by atoms with van der Waals surface area (Å²) in [7, 11) is 3.81. The lowest BCUT2D eigenvalue weighted by molar-refractivity contribution is -0.190. The number of hydrogen-bond donors (Lipinski definition) is 1. The fourth-order valence-electron chi connectivity index (χ4n) is 10.9. The average molecular weight is 767 g/mol. The van der Waals surface area contributed by atoms with E-state index in [1.54, 1.807) is 5.01 Å². The standard InChI is InChI=1S/C41H56BrN3O6/c1-6-10-36(47)48-25-34(43-45(4)5)41-35(50-38(51-41)27-11-8-7-9-12-27)22-32-31-18-15-28-21-30(44-49-24-26-13-16-29(42)17-14-26)19-20-39(28,2)37(31)33(46)23-40(32,41)3/h13-14,16-17,19-21,27,31-33,35,37-38,46H,6-12,15,18,22-25H2,1-5H3/t31-,32-,33-,35+,37+,38?,39-,40-,41+/m0/s1. The second-order valence-electron chi connectivity index (χ2n) is 16.5. The highest BCUT2D eigenvalue weighted by Gasteiger charge is 2.75. The predicted molar refractivity (Wildman–Crippen MR) is 201 cm³/mol. The molecule has 1 aromatic carbocycles. The molecule has 7 rings (SSSR count). The molecule has 1 unspecified atom stereocenters. The predicted octanol–water partition coefficient (Wildman–Crippen LogP) is 7.96. The monoisotopic (exact) mass is 765 g/mol. The van der Waals surface area contributed by atoms with Gasteiger partial charge in [0, 0.05) is 47.7 Å². The summed E-state index contributed by atoms with van der Waals surface area (Å²) in [4.78, 5) is 18.5. The molecular weight excluding hydrogens is 710 g/mol. The van der Waals surface area contributed by atoms with Gasteiger partial charge in [0.1, 0.15) is 30.2 Å². The summed E-state index contributed by atoms with van der Waals surface area (Å²) < 4.78 is 21.3. The molecular formula is C41H56BrN3O6. The molecule has 10 heteroatoms. The minimum Gasteiger partial charge on any atom is -0.459 e. The average Bonchev–Trinajstić information content (AvgIpc) is 3.60. The van der Waals surface area contributed by atoms with Crippen LogP contribution in [0.1, 0.15) is 97.0 Å². The quantitative estimate of drug-likeness (QED) is 0.147. The van der Waals surface area contributed by atoms with Crippen LogP contribution in [0.15, 0.2) is 62.8 Å². The lowest BCUT2D eigenvalue weighted by atomic mass is 9.46. The van der Waals surface area contributed by atoms with Crippen molar-refractivity contribution in [3.05, 3.63) is 58.1 Å². The number of aliphatic hydroxyl groups excluding tert-OH is 1. The zero-order chi connectivity index (χ0) is 36.0. The molecule has 5 aliphatic carbocycles. The first kappa shape index (κ1) is 36.8. The van der Waals surface area contributed by atoms with E-state index in [4.69, 9.17) is 24.1 Å². The highest BCUT2D eigenvalue weighted by Crippen LogP contribution is 2.70. The number of ether oxygens (including phenoxy) is 3. The number of halogens is 1. The maximum atomic E-state index is 12.7. The molecule has 1 saturated heterocycles. The van der Waals surface area contributed by atoms with Gasteiger partial charge in [-0.1, -0.05) is 84.9 Å². The number of aliphatic hydroxyl groups is 1. The molecule has 1 heterocycles. The van der Waals surface area contributed by atoms with Crippen LogP contribution in [0.5, 0.6) is 0 Å². The van der Waals surface area contributed by atoms with Gasteiger partial charge in [-0.3, -0.25) is 4.79 Å². The molecule has 1 aliphatic heterocycles. The van der Waals surface area contributed by atoms with Crippen molar-refractivity contribution in [2.24, 2.45) is 44.8 Å². The summed E-state index contributed by atoms with van der Waals surface area (Å²) in [6, 6.07) is 8.06. The number of carbonyl (C=O) groups excluding carboxylic acids is 1. The Morgan fingerprint density at radius 3 is 2.61 bits per heavy atom. The molecule has 0 bridgehead atoms. The summed E-state index contributed by atoms with van der Waals surface area (Å²) in [5.41, 5.74) is 2.19. The van der Waals surface area contributed by atoms with Crippen molar-refractivity contribution in [2.75, 3.05) is 20.7 Å². The molecule has 5 fully saturated rings. The van der Waals surface area contributed by atoms with E-state index < -0.39 is 17.1 Å². The van der Waals surface area contributed by atoms with E-state index in [0.717, 1.165) is 54.3 Å². The highest BCUT2D eigenvalue weighted by molar-refractivity contribution is 9.10. The van der Waals surface area contributed by atoms with Crippen LogP contribution in [-0.2, 0) is 30.4 Å². The van der Waals surface area contributed by atoms with Crippen LogP contribution >= 0.6 is 15.9 Å². The van der Waals surface area contributed by atoms with Gasteiger partial charge in [0.05, 0.1) is 12.2 Å². The number of benzene rings is 1. The summed E-state index contributed by atoms with van der Waals surface area (Å²) >= 11 is 3.48. The van der Waals surface area contributed by atoms with Crippen molar-refractivity contribution in [2.45, 2.75) is 122 Å². The topological polar surface area (TPSA) is 102 Å². The number of hydrazone groups is 1. The van der Waals surface area contributed by atoms with Gasteiger partial charge in [-0.15, -0.1) is 0 Å². The Kier molecular flexibility index (Phi) is 10.6. The Labute approximate surface area is 312 Å². The van der Waals surface area contributed by atoms with E-state index in [-0.39, 0.29) is 48.1 Å². The summed E-state index contributed by atoms with van der Waals surface area (Å²) in [5, 5.41) is 23.7. The van der Waals surface area contributed by atoms with E-state index in [1.165, 1.54) is 24.8 Å². The van der Waals surface area contributed by atoms with Crippen molar-refractivity contribution in [1.82, 2.24) is 5.01 Å². The molecule has 1 aromatic rings. The minimum atomic E-state index is -0.909. The van der Waals surface area contributed by atoms with Gasteiger partial charge in [-0.25, -0.2) is 0 Å². The second-order valence-corrected chi connectivity index (χ2v) is 17.4. The van der Waals surface area contributed by atoms with Gasteiger partial charge < -0.3 is 29.2 Å². The molecule has 1 N–H and O–H groups in total. The molecule has 9 atom stereocenters. The van der Waals surface area contributed by atoms with Crippen LogP contribution in [0.25, 0.3) is 0 Å². The van der Waals surface area contributed by atoms with E-state index >= 15 is 0 Å². The van der Waals surface area contributed by atoms with Crippen LogP contribution < -0.4 is 0 Å². The SMILES string of the molecule is CCCC(=O)OCC(=NN(C)C)[C@@]12OC(C3CCCCC3)O[C@@H]1C[C@H]1[C@@H]3CCC4=CC(=NOCc5ccc(Br)cc5)C=C[C@]4(C)[C@H]3[C@@H](O)C[C@@]12C. The Balaban J connectivity index is 1.18. The van der Waals surface area contributed by atoms with Crippen molar-refractivity contribution in [3.8, 4) is 0 Å². The van der Waals surface area contributed by atoms with Crippen molar-refractivity contribution >= 4 is 33.3 Å². The summed E-state index contributed by atoms with van der Waals surface area (Å²) in [6.45, 7) is 7.04. The van der Waals surface area contributed by atoms with Crippen molar-refractivity contribution in [3.63, 3.8) is 0 Å². The number of allylic oxidation sites excluding steroid dienone is 4. The molecule has 6 aliphatic rings. The fraction of sp³-hybridized carbons (Fsp3) is 0.683. The van der Waals surface area contributed by atoms with Gasteiger partial charge >= 0.3 is 5.97 Å². The van der Waals surface area contributed by atoms with E-state index in [1.807, 2.05) is 45.3 Å². The summed E-state index contributed by atoms with van der Waals surface area (Å²) in [5.74, 6) is 0.630. The number of fused-ring (bicyclic) bond motifs is 7. The minimum absolute atomic E-state index is 0.0405. The van der Waals surface area contributed by atoms with Gasteiger partial charge in [0.25, 0.3) is 0 Å². The molecule has 0 radical (unpaired) electrons. The van der Waals surface area contributed by atoms with Gasteiger partial charge in [-0.2, -0.15) is 5.10 Å². The normalized spacial score (nSPS) is 38.4. The third kappa shape index (κ3) is 6.65. The number of rotatable bonds is 10. The number of hydrogen-bond acceptors (Lipinski definition) is 9. The molecule has 0 amide bonds. The summed E-state index contributed by atoms with van der Waals surface area (Å²) in [6.07, 6.45) is 15.5. The molecule has 4 saturated carbocycles. The van der Waals surface area contributed by atoms with Crippen molar-refractivity contribution in [1.29, 1.82) is 0 Å². The second kappa shape index (κ2) is 14.7. The first-order valence-corrected chi connectivity index (χ1v) is 20.0. The lowest BCUT2D eigenvalue weighted by Gasteiger charge is -2.60. The Morgan fingerprint density at radius 1 is 1.12 bits per heavy atom. The first-order valence-electron chi connectivity index (χ1n) is 19.3. The maximum Gasteiger partial charge on any atom is 0.306 e. The van der Waals surface area contributed by atoms with Crippen LogP contribution in [0.3, 0.4) is 0 Å². The Bertz CT molecular complexity index is 1570. The molecule has 51 heavy (non-hydrogen) atoms. The number of carbonyl (C=O) groups is 1. The zero-order valence-electron chi connectivity index (χ0n) is 31.0. The molecule has 0 spiro atoms. The number of nitrogens with zero attached hydrogens (tertiary/aromatic N) is 3. The van der Waals surface area contributed by atoms with Crippen LogP contribution in [-0.4, -0.2) is 72.3 Å².